The van der Waals surface area contributed by atoms with Gasteiger partial charge in [0.15, 0.2) is 16.7 Å². The molecule has 0 aliphatic carbocycles. The quantitative estimate of drug-likeness (QED) is 0.331. The van der Waals surface area contributed by atoms with Crippen LogP contribution in [0.15, 0.2) is 70.4 Å². The predicted molar refractivity (Wildman–Crippen MR) is 117 cm³/mol. The van der Waals surface area contributed by atoms with Crippen LogP contribution >= 0.6 is 11.8 Å². The van der Waals surface area contributed by atoms with Gasteiger partial charge in [0.05, 0.1) is 24.1 Å². The van der Waals surface area contributed by atoms with Gasteiger partial charge in [-0.3, -0.25) is 4.79 Å². The fourth-order valence-electron chi connectivity index (χ4n) is 3.11. The van der Waals surface area contributed by atoms with Crippen LogP contribution in [-0.2, 0) is 11.3 Å². The summed E-state index contributed by atoms with van der Waals surface area (Å²) >= 11 is 1.28. The molecule has 0 unspecified atom stereocenters. The van der Waals surface area contributed by atoms with Gasteiger partial charge in [-0.25, -0.2) is 9.97 Å². The Morgan fingerprint density at radius 2 is 1.94 bits per heavy atom. The molecule has 1 aliphatic rings. The van der Waals surface area contributed by atoms with Gasteiger partial charge in [-0.1, -0.05) is 23.9 Å². The van der Waals surface area contributed by atoms with Gasteiger partial charge in [-0.05, 0) is 36.4 Å². The van der Waals surface area contributed by atoms with Crippen molar-refractivity contribution in [1.82, 2.24) is 15.3 Å². The van der Waals surface area contributed by atoms with Crippen molar-refractivity contribution in [2.45, 2.75) is 11.7 Å². The number of amides is 1. The third kappa shape index (κ3) is 4.41. The monoisotopic (exact) mass is 434 g/mol. The second-order valence-electron chi connectivity index (χ2n) is 6.71. The second-order valence-corrected chi connectivity index (χ2v) is 7.65. The van der Waals surface area contributed by atoms with E-state index in [1.54, 1.807) is 12.3 Å². The molecule has 0 spiro atoms. The average Bonchev–Trinajstić information content (AvgIpc) is 3.48. The summed E-state index contributed by atoms with van der Waals surface area (Å²) in [4.78, 5) is 21.4. The van der Waals surface area contributed by atoms with Crippen molar-refractivity contribution in [1.29, 1.82) is 0 Å². The fraction of sp³-hybridized carbons (Fsp3) is 0.136. The summed E-state index contributed by atoms with van der Waals surface area (Å²) in [6.07, 6.45) is 1.58. The van der Waals surface area contributed by atoms with Gasteiger partial charge in [0.25, 0.3) is 0 Å². The first kappa shape index (κ1) is 19.3. The molecule has 1 aliphatic heterocycles. The van der Waals surface area contributed by atoms with E-state index in [0.29, 0.717) is 29.0 Å². The number of nitrogens with zero attached hydrogens (tertiary/aromatic N) is 2. The number of rotatable bonds is 7. The highest BCUT2D eigenvalue weighted by Crippen LogP contribution is 2.36. The zero-order chi connectivity index (χ0) is 21.0. The largest absolute Gasteiger partial charge is 0.467 e. The van der Waals surface area contributed by atoms with E-state index < -0.39 is 0 Å². The number of fused-ring (bicyclic) bond motifs is 2. The smallest absolute Gasteiger partial charge is 0.231 e. The van der Waals surface area contributed by atoms with Crippen molar-refractivity contribution in [2.24, 2.45) is 0 Å². The van der Waals surface area contributed by atoms with Gasteiger partial charge in [-0.15, -0.1) is 0 Å². The number of carbonyl (C=O) groups excluding carboxylic acids is 1. The van der Waals surface area contributed by atoms with Gasteiger partial charge >= 0.3 is 0 Å². The normalized spacial score (nSPS) is 12.1. The number of aromatic nitrogens is 2. The molecule has 0 atom stereocenters. The molecule has 0 saturated carbocycles. The molecule has 0 saturated heterocycles. The minimum Gasteiger partial charge on any atom is -0.467 e. The van der Waals surface area contributed by atoms with Crippen LogP contribution < -0.4 is 20.1 Å². The van der Waals surface area contributed by atoms with Crippen LogP contribution in [0.1, 0.15) is 5.76 Å². The number of benzene rings is 2. The molecule has 5 rings (SSSR count). The molecule has 31 heavy (non-hydrogen) atoms. The second kappa shape index (κ2) is 8.57. The van der Waals surface area contributed by atoms with Gasteiger partial charge < -0.3 is 24.5 Å². The molecular weight excluding hydrogens is 416 g/mol. The Kier molecular flexibility index (Phi) is 5.32. The Balaban J connectivity index is 1.33. The van der Waals surface area contributed by atoms with Gasteiger partial charge in [0.1, 0.15) is 11.6 Å². The van der Waals surface area contributed by atoms with Crippen molar-refractivity contribution in [3.05, 3.63) is 66.6 Å². The molecule has 156 valence electrons. The average molecular weight is 434 g/mol. The first-order chi connectivity index (χ1) is 15.2. The van der Waals surface area contributed by atoms with Gasteiger partial charge in [-0.2, -0.15) is 0 Å². The molecule has 9 heteroatoms. The lowest BCUT2D eigenvalue weighted by Gasteiger charge is -2.11. The Morgan fingerprint density at radius 1 is 1.03 bits per heavy atom. The van der Waals surface area contributed by atoms with Crippen molar-refractivity contribution in [3.8, 4) is 11.5 Å². The minimum atomic E-state index is -0.122. The summed E-state index contributed by atoms with van der Waals surface area (Å²) in [5.41, 5.74) is 1.61. The number of furan rings is 1. The maximum atomic E-state index is 12.2. The molecule has 2 N–H and O–H groups in total. The summed E-state index contributed by atoms with van der Waals surface area (Å²) in [6, 6.07) is 17.0. The number of para-hydroxylation sites is 1. The fourth-order valence-corrected chi connectivity index (χ4v) is 3.79. The molecule has 2 aromatic heterocycles. The number of ether oxygens (including phenoxy) is 2. The number of anilines is 2. The van der Waals surface area contributed by atoms with E-state index in [4.69, 9.17) is 13.9 Å². The van der Waals surface area contributed by atoms with E-state index in [-0.39, 0.29) is 18.5 Å². The van der Waals surface area contributed by atoms with E-state index in [9.17, 15) is 4.79 Å². The molecule has 8 nitrogen and oxygen atoms in total. The van der Waals surface area contributed by atoms with Gasteiger partial charge in [0, 0.05) is 17.1 Å². The van der Waals surface area contributed by atoms with Crippen LogP contribution in [-0.4, -0.2) is 28.4 Å². The highest BCUT2D eigenvalue weighted by atomic mass is 32.2. The third-order valence-corrected chi connectivity index (χ3v) is 5.44. The Hall–Kier alpha value is -3.72. The zero-order valence-corrected chi connectivity index (χ0v) is 17.1. The van der Waals surface area contributed by atoms with Crippen molar-refractivity contribution in [3.63, 3.8) is 0 Å². The van der Waals surface area contributed by atoms with E-state index in [1.807, 2.05) is 48.5 Å². The molecular formula is C22H18N4O4S. The summed E-state index contributed by atoms with van der Waals surface area (Å²) < 4.78 is 16.0. The van der Waals surface area contributed by atoms with Crippen LogP contribution in [0.5, 0.6) is 11.5 Å². The van der Waals surface area contributed by atoms with E-state index >= 15 is 0 Å². The highest BCUT2D eigenvalue weighted by molar-refractivity contribution is 7.99. The summed E-state index contributed by atoms with van der Waals surface area (Å²) in [6.45, 7) is 0.569. The first-order valence-corrected chi connectivity index (χ1v) is 10.6. The SMILES string of the molecule is O=C(CSc1nc(Nc2ccc3c(c2)OCO3)c2ccccc2n1)NCc1ccco1. The Morgan fingerprint density at radius 3 is 2.84 bits per heavy atom. The van der Waals surface area contributed by atoms with Crippen LogP contribution in [0.2, 0.25) is 0 Å². The zero-order valence-electron chi connectivity index (χ0n) is 16.3. The molecule has 0 fully saturated rings. The number of carbonyl (C=O) groups is 1. The lowest BCUT2D eigenvalue weighted by molar-refractivity contribution is -0.118. The highest BCUT2D eigenvalue weighted by Gasteiger charge is 2.15. The predicted octanol–water partition coefficient (Wildman–Crippen LogP) is 4.10. The molecule has 1 amide bonds. The summed E-state index contributed by atoms with van der Waals surface area (Å²) in [5.74, 6) is 2.84. The summed E-state index contributed by atoms with van der Waals surface area (Å²) in [7, 11) is 0. The van der Waals surface area contributed by atoms with Gasteiger partial charge in [0.2, 0.25) is 12.7 Å². The molecule has 2 aromatic carbocycles. The number of nitrogens with one attached hydrogen (secondary N) is 2. The third-order valence-electron chi connectivity index (χ3n) is 4.59. The topological polar surface area (TPSA) is 98.5 Å². The van der Waals surface area contributed by atoms with E-state index in [0.717, 1.165) is 22.3 Å². The lowest BCUT2D eigenvalue weighted by Crippen LogP contribution is -2.24. The van der Waals surface area contributed by atoms with Crippen LogP contribution in [0.25, 0.3) is 10.9 Å². The lowest BCUT2D eigenvalue weighted by atomic mass is 10.2. The van der Waals surface area contributed by atoms with E-state index in [1.165, 1.54) is 11.8 Å². The maximum Gasteiger partial charge on any atom is 0.231 e. The molecule has 3 heterocycles. The first-order valence-electron chi connectivity index (χ1n) is 9.60. The molecule has 4 aromatic rings. The maximum absolute atomic E-state index is 12.2. The van der Waals surface area contributed by atoms with Crippen molar-refractivity contribution in [2.75, 3.05) is 17.9 Å². The van der Waals surface area contributed by atoms with Crippen molar-refractivity contribution >= 4 is 40.1 Å². The minimum absolute atomic E-state index is 0.122. The molecule has 0 radical (unpaired) electrons. The molecule has 0 bridgehead atoms. The van der Waals surface area contributed by atoms with E-state index in [2.05, 4.69) is 20.6 Å². The van der Waals surface area contributed by atoms with Crippen LogP contribution in [0, 0.1) is 0 Å². The number of hydrogen-bond acceptors (Lipinski definition) is 8. The van der Waals surface area contributed by atoms with Crippen LogP contribution in [0.3, 0.4) is 0 Å². The number of thioether (sulfide) groups is 1. The Labute approximate surface area is 182 Å². The standard InChI is InChI=1S/C22H18N4O4S/c27-20(23-11-15-4-3-9-28-15)12-31-22-25-17-6-2-1-5-16(17)21(26-22)24-14-7-8-18-19(10-14)30-13-29-18/h1-10H,11-13H2,(H,23,27)(H,24,25,26). The Bertz CT molecular complexity index is 1230. The number of hydrogen-bond donors (Lipinski definition) is 2. The summed E-state index contributed by atoms with van der Waals surface area (Å²) in [5, 5.41) is 7.55. The van der Waals surface area contributed by atoms with Crippen LogP contribution in [0.4, 0.5) is 11.5 Å². The van der Waals surface area contributed by atoms with Crippen molar-refractivity contribution < 1.29 is 18.7 Å².